The second-order valence-electron chi connectivity index (χ2n) is 6.02. The Labute approximate surface area is 134 Å². The van der Waals surface area contributed by atoms with Crippen molar-refractivity contribution in [1.29, 1.82) is 0 Å². The topological polar surface area (TPSA) is 62.9 Å². The van der Waals surface area contributed by atoms with Crippen LogP contribution >= 0.6 is 0 Å². The molecule has 0 saturated heterocycles. The highest BCUT2D eigenvalue weighted by Crippen LogP contribution is 2.42. The minimum Gasteiger partial charge on any atom is -0.507 e. The summed E-state index contributed by atoms with van der Waals surface area (Å²) in [4.78, 5) is 14.6. The number of nitrogens with zero attached hydrogens (tertiary/aromatic N) is 1. The molecular weight excluding hydrogens is 294 g/mol. The first-order valence-corrected chi connectivity index (χ1v) is 7.37. The van der Waals surface area contributed by atoms with Crippen LogP contribution in [0.4, 0.5) is 0 Å². The number of aryl methyl sites for hydroxylation is 2. The van der Waals surface area contributed by atoms with E-state index in [2.05, 4.69) is 0 Å². The van der Waals surface area contributed by atoms with Crippen LogP contribution in [0.5, 0.6) is 11.5 Å². The SMILES string of the molecule is Cc1ccc(/C=C2\Oc3c(CN(C)C)c(O)cc(C)c3C2=O)o1. The Morgan fingerprint density at radius 2 is 2.00 bits per heavy atom. The van der Waals surface area contributed by atoms with E-state index in [9.17, 15) is 9.90 Å². The zero-order chi connectivity index (χ0) is 16.7. The van der Waals surface area contributed by atoms with Crippen LogP contribution in [0.1, 0.15) is 33.0 Å². The van der Waals surface area contributed by atoms with Crippen LogP contribution in [-0.4, -0.2) is 29.9 Å². The number of Topliss-reactive ketones (excluding diaryl/α,β-unsaturated/α-hetero) is 1. The fraction of sp³-hybridized carbons (Fsp3) is 0.278. The quantitative estimate of drug-likeness (QED) is 0.881. The van der Waals surface area contributed by atoms with Gasteiger partial charge in [0, 0.05) is 12.6 Å². The molecule has 5 nitrogen and oxygen atoms in total. The molecule has 2 heterocycles. The van der Waals surface area contributed by atoms with Gasteiger partial charge in [0.05, 0.1) is 11.1 Å². The number of carbonyl (C=O) groups is 1. The molecule has 120 valence electrons. The third-order valence-electron chi connectivity index (χ3n) is 3.73. The van der Waals surface area contributed by atoms with Crippen molar-refractivity contribution < 1.29 is 19.1 Å². The molecule has 0 spiro atoms. The molecule has 1 aromatic carbocycles. The number of hydrogen-bond donors (Lipinski definition) is 1. The van der Waals surface area contributed by atoms with Crippen molar-refractivity contribution in [1.82, 2.24) is 4.90 Å². The number of aromatic hydroxyl groups is 1. The zero-order valence-corrected chi connectivity index (χ0v) is 13.6. The predicted octanol–water partition coefficient (Wildman–Crippen LogP) is 3.28. The van der Waals surface area contributed by atoms with Crippen LogP contribution in [0.25, 0.3) is 6.08 Å². The lowest BCUT2D eigenvalue weighted by atomic mass is 9.99. The van der Waals surface area contributed by atoms with E-state index in [-0.39, 0.29) is 17.3 Å². The minimum absolute atomic E-state index is 0.137. The smallest absolute Gasteiger partial charge is 0.232 e. The summed E-state index contributed by atoms with van der Waals surface area (Å²) < 4.78 is 11.3. The number of phenols is 1. The molecule has 1 aliphatic rings. The summed E-state index contributed by atoms with van der Waals surface area (Å²) in [6.45, 7) is 4.11. The summed E-state index contributed by atoms with van der Waals surface area (Å²) >= 11 is 0. The molecular formula is C18H19NO4. The van der Waals surface area contributed by atoms with Gasteiger partial charge >= 0.3 is 0 Å². The lowest BCUT2D eigenvalue weighted by Gasteiger charge is -2.15. The lowest BCUT2D eigenvalue weighted by molar-refractivity contribution is 0.101. The molecule has 0 saturated carbocycles. The van der Waals surface area contributed by atoms with E-state index in [4.69, 9.17) is 9.15 Å². The summed E-state index contributed by atoms with van der Waals surface area (Å²) in [5, 5.41) is 10.2. The summed E-state index contributed by atoms with van der Waals surface area (Å²) in [7, 11) is 3.79. The Kier molecular flexibility index (Phi) is 3.74. The van der Waals surface area contributed by atoms with Crippen molar-refractivity contribution in [2.24, 2.45) is 0 Å². The van der Waals surface area contributed by atoms with E-state index in [0.717, 1.165) is 5.76 Å². The highest BCUT2D eigenvalue weighted by atomic mass is 16.5. The molecule has 0 amide bonds. The number of rotatable bonds is 3. The maximum absolute atomic E-state index is 12.6. The Morgan fingerprint density at radius 1 is 1.26 bits per heavy atom. The van der Waals surface area contributed by atoms with Gasteiger partial charge < -0.3 is 19.2 Å². The van der Waals surface area contributed by atoms with Gasteiger partial charge in [-0.25, -0.2) is 0 Å². The van der Waals surface area contributed by atoms with Gasteiger partial charge in [-0.15, -0.1) is 0 Å². The average Bonchev–Trinajstić information content (AvgIpc) is 3.00. The first-order chi connectivity index (χ1) is 10.9. The maximum Gasteiger partial charge on any atom is 0.232 e. The van der Waals surface area contributed by atoms with E-state index in [1.54, 1.807) is 25.1 Å². The first kappa shape index (κ1) is 15.4. The highest BCUT2D eigenvalue weighted by molar-refractivity contribution is 6.15. The van der Waals surface area contributed by atoms with Gasteiger partial charge in [-0.2, -0.15) is 0 Å². The molecule has 1 aromatic heterocycles. The van der Waals surface area contributed by atoms with Crippen LogP contribution in [0.2, 0.25) is 0 Å². The number of hydrogen-bond acceptors (Lipinski definition) is 5. The van der Waals surface area contributed by atoms with Crippen molar-refractivity contribution in [3.05, 3.63) is 52.2 Å². The number of ketones is 1. The van der Waals surface area contributed by atoms with E-state index in [1.807, 2.05) is 32.0 Å². The normalized spacial score (nSPS) is 15.3. The Bertz CT molecular complexity index is 815. The van der Waals surface area contributed by atoms with Crippen LogP contribution in [0.3, 0.4) is 0 Å². The Balaban J connectivity index is 2.07. The summed E-state index contributed by atoms with van der Waals surface area (Å²) in [6, 6.07) is 5.22. The largest absolute Gasteiger partial charge is 0.507 e. The lowest BCUT2D eigenvalue weighted by Crippen LogP contribution is -2.12. The summed E-state index contributed by atoms with van der Waals surface area (Å²) in [5.74, 6) is 1.93. The van der Waals surface area contributed by atoms with Crippen LogP contribution in [-0.2, 0) is 6.54 Å². The number of furan rings is 1. The van der Waals surface area contributed by atoms with Gasteiger partial charge in [-0.3, -0.25) is 4.79 Å². The molecule has 0 atom stereocenters. The van der Waals surface area contributed by atoms with Gasteiger partial charge in [0.2, 0.25) is 5.78 Å². The Hall–Kier alpha value is -2.53. The van der Waals surface area contributed by atoms with Crippen molar-refractivity contribution in [2.75, 3.05) is 14.1 Å². The van der Waals surface area contributed by atoms with Gasteiger partial charge in [-0.05, 0) is 51.7 Å². The number of allylic oxidation sites excluding steroid dienone is 1. The third kappa shape index (κ3) is 2.75. The molecule has 0 unspecified atom stereocenters. The van der Waals surface area contributed by atoms with E-state index in [0.29, 0.717) is 34.7 Å². The monoisotopic (exact) mass is 313 g/mol. The van der Waals surface area contributed by atoms with Crippen LogP contribution in [0, 0.1) is 13.8 Å². The Morgan fingerprint density at radius 3 is 2.61 bits per heavy atom. The van der Waals surface area contributed by atoms with E-state index in [1.165, 1.54) is 0 Å². The average molecular weight is 313 g/mol. The fourth-order valence-corrected chi connectivity index (χ4v) is 2.71. The van der Waals surface area contributed by atoms with Crippen LogP contribution < -0.4 is 4.74 Å². The molecule has 0 radical (unpaired) electrons. The third-order valence-corrected chi connectivity index (χ3v) is 3.73. The van der Waals surface area contributed by atoms with Gasteiger partial charge in [0.25, 0.3) is 0 Å². The standard InChI is InChI=1S/C18H19NO4/c1-10-7-14(20)13(9-19(3)4)18-16(10)17(21)15(23-18)8-12-6-5-11(2)22-12/h5-8,20H,9H2,1-4H3/b15-8-. The number of benzene rings is 1. The zero-order valence-electron chi connectivity index (χ0n) is 13.6. The molecule has 0 fully saturated rings. The molecule has 5 heteroatoms. The number of carbonyl (C=O) groups excluding carboxylic acids is 1. The number of ether oxygens (including phenoxy) is 1. The fourth-order valence-electron chi connectivity index (χ4n) is 2.71. The second-order valence-corrected chi connectivity index (χ2v) is 6.02. The van der Waals surface area contributed by atoms with Gasteiger partial charge in [0.15, 0.2) is 5.76 Å². The van der Waals surface area contributed by atoms with E-state index >= 15 is 0 Å². The molecule has 1 aliphatic heterocycles. The van der Waals surface area contributed by atoms with Crippen molar-refractivity contribution in [3.8, 4) is 11.5 Å². The molecule has 0 bridgehead atoms. The molecule has 0 aliphatic carbocycles. The van der Waals surface area contributed by atoms with Gasteiger partial charge in [-0.1, -0.05) is 0 Å². The van der Waals surface area contributed by atoms with Crippen molar-refractivity contribution >= 4 is 11.9 Å². The molecule has 1 N–H and O–H groups in total. The number of fused-ring (bicyclic) bond motifs is 1. The summed E-state index contributed by atoms with van der Waals surface area (Å²) in [6.07, 6.45) is 1.59. The molecule has 23 heavy (non-hydrogen) atoms. The minimum atomic E-state index is -0.188. The van der Waals surface area contributed by atoms with E-state index < -0.39 is 0 Å². The number of phenolic OH excluding ortho intramolecular Hbond substituents is 1. The predicted molar refractivity (Wildman–Crippen MR) is 86.6 cm³/mol. The summed E-state index contributed by atoms with van der Waals surface area (Å²) in [5.41, 5.74) is 1.82. The van der Waals surface area contributed by atoms with Crippen molar-refractivity contribution in [3.63, 3.8) is 0 Å². The van der Waals surface area contributed by atoms with Gasteiger partial charge in [0.1, 0.15) is 23.0 Å². The molecule has 2 aromatic rings. The highest BCUT2D eigenvalue weighted by Gasteiger charge is 2.33. The maximum atomic E-state index is 12.6. The van der Waals surface area contributed by atoms with Crippen molar-refractivity contribution in [2.45, 2.75) is 20.4 Å². The van der Waals surface area contributed by atoms with Crippen LogP contribution in [0.15, 0.2) is 28.4 Å². The first-order valence-electron chi connectivity index (χ1n) is 7.37. The molecule has 3 rings (SSSR count). The second kappa shape index (κ2) is 5.59.